The average molecular weight is 805 g/mol. The van der Waals surface area contributed by atoms with E-state index in [0.717, 1.165) is 18.0 Å². The third-order valence-electron chi connectivity index (χ3n) is 11.3. The smallest absolute Gasteiger partial charge is 0.408 e. The summed E-state index contributed by atoms with van der Waals surface area (Å²) < 4.78 is 18.1. The molecule has 1 saturated heterocycles. The van der Waals surface area contributed by atoms with Crippen molar-refractivity contribution in [3.8, 4) is 22.9 Å². The van der Waals surface area contributed by atoms with Crippen molar-refractivity contribution in [1.82, 2.24) is 25.5 Å². The number of aromatic nitrogens is 2. The van der Waals surface area contributed by atoms with Crippen LogP contribution in [0.1, 0.15) is 66.7 Å². The maximum atomic E-state index is 14.7. The number of aliphatic hydroxyl groups excluding tert-OH is 1. The minimum atomic E-state index is -1.53. The molecule has 3 saturated carbocycles. The number of nitrogens with one attached hydrogen (secondary N) is 3. The summed E-state index contributed by atoms with van der Waals surface area (Å²) in [5.74, 6) is -0.685. The van der Waals surface area contributed by atoms with Crippen molar-refractivity contribution in [2.75, 3.05) is 25.1 Å². The van der Waals surface area contributed by atoms with Crippen LogP contribution in [0, 0.1) is 23.2 Å². The molecular formula is C41H52N6O9S. The summed E-state index contributed by atoms with van der Waals surface area (Å²) in [5, 5.41) is 31.5. The van der Waals surface area contributed by atoms with Crippen LogP contribution in [0.3, 0.4) is 0 Å². The largest absolute Gasteiger partial charge is 0.491 e. The Hall–Kier alpha value is -4.96. The summed E-state index contributed by atoms with van der Waals surface area (Å²) in [6.07, 6.45) is 2.91. The van der Waals surface area contributed by atoms with E-state index in [4.69, 9.17) is 24.2 Å². The summed E-state index contributed by atoms with van der Waals surface area (Å²) in [4.78, 5) is 65.5. The molecule has 306 valence electrons. The molecule has 0 radical (unpaired) electrons. The maximum absolute atomic E-state index is 14.7. The fourth-order valence-corrected chi connectivity index (χ4v) is 8.96. The Kier molecular flexibility index (Phi) is 11.1. The van der Waals surface area contributed by atoms with Gasteiger partial charge in [0.2, 0.25) is 11.8 Å². The number of amides is 3. The van der Waals surface area contributed by atoms with Crippen LogP contribution in [0.2, 0.25) is 0 Å². The molecule has 3 aliphatic carbocycles. The lowest BCUT2D eigenvalue weighted by Crippen LogP contribution is -2.59. The predicted molar refractivity (Wildman–Crippen MR) is 213 cm³/mol. The molecule has 7 rings (SSSR count). The third-order valence-corrected chi connectivity index (χ3v) is 12.1. The van der Waals surface area contributed by atoms with Crippen molar-refractivity contribution in [2.45, 2.75) is 103 Å². The first kappa shape index (κ1) is 40.2. The van der Waals surface area contributed by atoms with Crippen LogP contribution in [-0.4, -0.2) is 105 Å². The van der Waals surface area contributed by atoms with Crippen LogP contribution in [0.25, 0.3) is 22.3 Å². The Morgan fingerprint density at radius 3 is 2.47 bits per heavy atom. The van der Waals surface area contributed by atoms with Gasteiger partial charge in [-0.2, -0.15) is 0 Å². The molecule has 8 atom stereocenters. The number of carbonyl (C=O) groups is 4. The number of ether oxygens (including phenoxy) is 3. The van der Waals surface area contributed by atoms with Crippen LogP contribution in [0.5, 0.6) is 11.5 Å². The Morgan fingerprint density at radius 2 is 1.82 bits per heavy atom. The monoisotopic (exact) mass is 804 g/mol. The molecule has 4 aliphatic rings. The highest BCUT2D eigenvalue weighted by atomic mass is 32.1. The van der Waals surface area contributed by atoms with Gasteiger partial charge in [-0.3, -0.25) is 9.59 Å². The van der Waals surface area contributed by atoms with Crippen molar-refractivity contribution in [1.29, 1.82) is 0 Å². The molecule has 3 aromatic rings. The number of carboxylic acids is 1. The molecule has 3 unspecified atom stereocenters. The minimum absolute atomic E-state index is 0.0346. The van der Waals surface area contributed by atoms with Gasteiger partial charge in [0.15, 0.2) is 5.13 Å². The molecule has 3 heterocycles. The molecule has 1 aliphatic heterocycles. The summed E-state index contributed by atoms with van der Waals surface area (Å²) >= 11 is 1.44. The van der Waals surface area contributed by atoms with Gasteiger partial charge in [-0.25, -0.2) is 19.6 Å². The van der Waals surface area contributed by atoms with Crippen LogP contribution < -0.4 is 25.4 Å². The number of benzene rings is 1. The number of likely N-dealkylation sites (tertiary alicyclic amines) is 1. The fourth-order valence-electron chi connectivity index (χ4n) is 8.11. The number of hydrogen-bond acceptors (Lipinski definition) is 12. The number of pyridine rings is 1. The summed E-state index contributed by atoms with van der Waals surface area (Å²) in [6, 6.07) is 5.02. The van der Waals surface area contributed by atoms with E-state index in [1.807, 2.05) is 40.0 Å². The topological polar surface area (TPSA) is 202 Å². The molecule has 16 heteroatoms. The lowest BCUT2D eigenvalue weighted by atomic mass is 9.85. The van der Waals surface area contributed by atoms with Gasteiger partial charge in [0.1, 0.15) is 53.6 Å². The second kappa shape index (κ2) is 15.8. The van der Waals surface area contributed by atoms with Gasteiger partial charge >= 0.3 is 12.1 Å². The molecule has 0 spiro atoms. The zero-order chi connectivity index (χ0) is 40.8. The Labute approximate surface area is 335 Å². The highest BCUT2D eigenvalue weighted by Crippen LogP contribution is 2.52. The number of rotatable bonds is 15. The van der Waals surface area contributed by atoms with E-state index in [9.17, 15) is 29.4 Å². The molecule has 5 N–H and O–H groups in total. The summed E-state index contributed by atoms with van der Waals surface area (Å²) in [6.45, 7) is 13.1. The third kappa shape index (κ3) is 8.66. The highest BCUT2D eigenvalue weighted by Gasteiger charge is 2.61. The van der Waals surface area contributed by atoms with Gasteiger partial charge in [0.25, 0.3) is 0 Å². The van der Waals surface area contributed by atoms with Gasteiger partial charge in [0.05, 0.1) is 24.4 Å². The number of hydrogen-bond donors (Lipinski definition) is 5. The van der Waals surface area contributed by atoms with Crippen LogP contribution in [-0.2, 0) is 19.1 Å². The summed E-state index contributed by atoms with van der Waals surface area (Å²) in [5.41, 5.74) is -0.649. The normalized spacial score (nSPS) is 26.7. The minimum Gasteiger partial charge on any atom is -0.491 e. The molecule has 57 heavy (non-hydrogen) atoms. The van der Waals surface area contributed by atoms with E-state index >= 15 is 0 Å². The van der Waals surface area contributed by atoms with E-state index in [0.29, 0.717) is 45.6 Å². The van der Waals surface area contributed by atoms with Crippen LogP contribution >= 0.6 is 11.3 Å². The zero-order valence-electron chi connectivity index (χ0n) is 32.9. The molecule has 0 bridgehead atoms. The molecule has 15 nitrogen and oxygen atoms in total. The van der Waals surface area contributed by atoms with E-state index in [-0.39, 0.29) is 44.7 Å². The number of carbonyl (C=O) groups excluding carboxylic acids is 3. The Balaban J connectivity index is 1.19. The van der Waals surface area contributed by atoms with E-state index in [1.54, 1.807) is 24.3 Å². The zero-order valence-corrected chi connectivity index (χ0v) is 33.8. The molecule has 4 fully saturated rings. The Morgan fingerprint density at radius 1 is 1.07 bits per heavy atom. The quantitative estimate of drug-likeness (QED) is 0.129. The number of aliphatic carboxylic acids is 1. The second-order valence-electron chi connectivity index (χ2n) is 17.1. The van der Waals surface area contributed by atoms with E-state index in [1.165, 1.54) is 28.7 Å². The van der Waals surface area contributed by atoms with Gasteiger partial charge in [-0.15, -0.1) is 17.9 Å². The number of fused-ring (bicyclic) bond motifs is 2. The molecule has 3 amide bonds. The van der Waals surface area contributed by atoms with Gasteiger partial charge in [0, 0.05) is 41.3 Å². The summed E-state index contributed by atoms with van der Waals surface area (Å²) in [7, 11) is 0. The van der Waals surface area contributed by atoms with Gasteiger partial charge in [-0.05, 0) is 68.9 Å². The lowest BCUT2D eigenvalue weighted by molar-refractivity contribution is -0.146. The van der Waals surface area contributed by atoms with E-state index in [2.05, 4.69) is 22.5 Å². The number of anilines is 1. The van der Waals surface area contributed by atoms with Gasteiger partial charge < -0.3 is 45.3 Å². The Bertz CT molecular complexity index is 2040. The number of carboxylic acid groups (broad SMARTS) is 1. The van der Waals surface area contributed by atoms with Crippen molar-refractivity contribution in [3.05, 3.63) is 42.3 Å². The van der Waals surface area contributed by atoms with Crippen molar-refractivity contribution in [2.24, 2.45) is 23.2 Å². The molecule has 2 aromatic heterocycles. The highest BCUT2D eigenvalue weighted by molar-refractivity contribution is 7.14. The maximum Gasteiger partial charge on any atom is 0.408 e. The molecular weight excluding hydrogens is 753 g/mol. The number of nitrogens with zero attached hydrogens (tertiary/aromatic N) is 3. The SMILES string of the molecule is C=C[C@@H]1CC1(NC(=O)[C@@H]1C[C@H](Oc2cc(-c3csc(NC(C)C)n3)nc3cc(OCCO)ccc23)CN1C(=O)[C@H](NC(=O)OC1CC2C[C@H]2C1)C(C)(C)C)C(=O)O. The number of aliphatic hydroxyl groups is 1. The van der Waals surface area contributed by atoms with Crippen LogP contribution in [0.4, 0.5) is 9.93 Å². The van der Waals surface area contributed by atoms with Crippen LogP contribution in [0.15, 0.2) is 42.3 Å². The number of alkyl carbamates (subject to hydrolysis) is 1. The van der Waals surface area contributed by atoms with Gasteiger partial charge in [-0.1, -0.05) is 26.8 Å². The standard InChI is InChI=1S/C41H52N6O9S/c1-7-24-18-41(24,37(51)52)46-35(49)32-16-27(19-47(32)36(50)34(40(4,5)6)45-39(53)56-26-13-22-12-23(22)14-26)55-33-17-30(31-20-57-38(44-31)42-21(2)3)43-29-15-25(54-11-10-48)8-9-28(29)33/h7-9,15,17,20-24,26-27,32,34,48H,1,10-14,16,18-19H2,2-6H3,(H,42,44)(H,45,53)(H,46,49)(H,51,52)/t22-,23?,24+,26?,27-,32-,34-,41?/m0/s1. The lowest BCUT2D eigenvalue weighted by Gasteiger charge is -2.35. The van der Waals surface area contributed by atoms with Crippen molar-refractivity contribution < 1.29 is 43.6 Å². The predicted octanol–water partition coefficient (Wildman–Crippen LogP) is 4.98. The molecule has 1 aromatic carbocycles. The second-order valence-corrected chi connectivity index (χ2v) is 17.9. The first-order valence-corrected chi connectivity index (χ1v) is 20.5. The van der Waals surface area contributed by atoms with Crippen molar-refractivity contribution >= 4 is 51.2 Å². The average Bonchev–Trinajstić information content (AvgIpc) is 3.82. The first-order valence-electron chi connectivity index (χ1n) is 19.6. The first-order chi connectivity index (χ1) is 27.1. The number of thiazole rings is 1. The fraction of sp³-hybridized carbons (Fsp3) is 0.561. The van der Waals surface area contributed by atoms with Crippen molar-refractivity contribution in [3.63, 3.8) is 0 Å². The van der Waals surface area contributed by atoms with E-state index < -0.39 is 58.9 Å².